The molecule has 1 saturated carbocycles. The fraction of sp³-hybridized carbons (Fsp3) is 0.714. The third-order valence-corrected chi connectivity index (χ3v) is 4.67. The molecule has 1 saturated heterocycles. The molecule has 0 bridgehead atoms. The summed E-state index contributed by atoms with van der Waals surface area (Å²) in [7, 11) is 0. The molecule has 0 amide bonds. The number of rotatable bonds is 5. The van der Waals surface area contributed by atoms with E-state index >= 15 is 0 Å². The summed E-state index contributed by atoms with van der Waals surface area (Å²) in [4.78, 5) is 19.1. The van der Waals surface area contributed by atoms with Gasteiger partial charge >= 0.3 is 0 Å². The second-order valence-corrected chi connectivity index (χ2v) is 6.31. The Balaban J connectivity index is 1.84. The van der Waals surface area contributed by atoms with E-state index in [4.69, 9.17) is 0 Å². The van der Waals surface area contributed by atoms with Gasteiger partial charge in [-0.05, 0) is 38.5 Å². The van der Waals surface area contributed by atoms with Crippen molar-refractivity contribution in [3.05, 3.63) is 22.7 Å². The second kappa shape index (κ2) is 5.65. The van der Waals surface area contributed by atoms with E-state index in [2.05, 4.69) is 25.8 Å². The van der Waals surface area contributed by atoms with Gasteiger partial charge < -0.3 is 9.47 Å². The van der Waals surface area contributed by atoms with Gasteiger partial charge in [0.25, 0.3) is 5.56 Å². The third kappa shape index (κ3) is 2.71. The molecular formula is C14H20BrN3O. The van der Waals surface area contributed by atoms with Gasteiger partial charge in [0, 0.05) is 36.4 Å². The van der Waals surface area contributed by atoms with E-state index in [0.717, 1.165) is 37.6 Å². The molecule has 1 aromatic rings. The molecule has 1 aliphatic carbocycles. The summed E-state index contributed by atoms with van der Waals surface area (Å²) in [5.74, 6) is 0.673. The van der Waals surface area contributed by atoms with E-state index in [-0.39, 0.29) is 5.56 Å². The van der Waals surface area contributed by atoms with Gasteiger partial charge in [-0.15, -0.1) is 0 Å². The zero-order valence-corrected chi connectivity index (χ0v) is 12.7. The first-order valence-corrected chi connectivity index (χ1v) is 8.33. The largest absolute Gasteiger partial charge is 0.349 e. The third-order valence-electron chi connectivity index (χ3n) is 4.11. The topological polar surface area (TPSA) is 38.1 Å². The fourth-order valence-corrected chi connectivity index (χ4v) is 3.30. The Morgan fingerprint density at radius 2 is 2.21 bits per heavy atom. The smallest absolute Gasteiger partial charge is 0.293 e. The molecule has 3 rings (SSSR count). The summed E-state index contributed by atoms with van der Waals surface area (Å²) in [6.45, 7) is 0.976. The number of anilines is 1. The van der Waals surface area contributed by atoms with Crippen molar-refractivity contribution in [1.29, 1.82) is 0 Å². The fourth-order valence-electron chi connectivity index (χ4n) is 2.98. The molecule has 0 aromatic carbocycles. The summed E-state index contributed by atoms with van der Waals surface area (Å²) in [5.41, 5.74) is 0.107. The average molecular weight is 326 g/mol. The van der Waals surface area contributed by atoms with Gasteiger partial charge in [0.2, 0.25) is 0 Å². The Morgan fingerprint density at radius 3 is 2.95 bits per heavy atom. The maximum Gasteiger partial charge on any atom is 0.293 e. The number of halogens is 1. The predicted octanol–water partition coefficient (Wildman–Crippen LogP) is 2.72. The van der Waals surface area contributed by atoms with Crippen molar-refractivity contribution in [1.82, 2.24) is 9.55 Å². The maximum absolute atomic E-state index is 12.5. The van der Waals surface area contributed by atoms with Crippen molar-refractivity contribution in [3.8, 4) is 0 Å². The molecule has 1 aromatic heterocycles. The highest BCUT2D eigenvalue weighted by molar-refractivity contribution is 9.09. The van der Waals surface area contributed by atoms with Crippen LogP contribution in [0.3, 0.4) is 0 Å². The summed E-state index contributed by atoms with van der Waals surface area (Å²) in [6.07, 6.45) is 10.6. The number of aromatic nitrogens is 2. The molecule has 1 atom stereocenters. The lowest BCUT2D eigenvalue weighted by molar-refractivity contribution is 0.592. The van der Waals surface area contributed by atoms with Gasteiger partial charge in [0.15, 0.2) is 5.82 Å². The lowest BCUT2D eigenvalue weighted by Gasteiger charge is -2.25. The molecule has 1 unspecified atom stereocenters. The Bertz CT molecular complexity index is 498. The highest BCUT2D eigenvalue weighted by atomic mass is 79.9. The molecular weight excluding hydrogens is 306 g/mol. The van der Waals surface area contributed by atoms with Crippen LogP contribution in [-0.4, -0.2) is 27.5 Å². The molecule has 19 heavy (non-hydrogen) atoms. The first-order chi connectivity index (χ1) is 9.31. The van der Waals surface area contributed by atoms with Crippen LogP contribution >= 0.6 is 15.9 Å². The van der Waals surface area contributed by atoms with E-state index in [9.17, 15) is 4.79 Å². The Hall–Kier alpha value is -0.840. The van der Waals surface area contributed by atoms with Crippen LogP contribution in [0.2, 0.25) is 0 Å². The molecule has 2 heterocycles. The van der Waals surface area contributed by atoms with E-state index in [0.29, 0.717) is 17.9 Å². The first-order valence-electron chi connectivity index (χ1n) is 7.21. The number of alkyl halides is 1. The normalized spacial score (nSPS) is 23.0. The molecule has 0 N–H and O–H groups in total. The zero-order valence-electron chi connectivity index (χ0n) is 11.1. The van der Waals surface area contributed by atoms with Gasteiger partial charge in [-0.2, -0.15) is 0 Å². The monoisotopic (exact) mass is 325 g/mol. The van der Waals surface area contributed by atoms with Crippen molar-refractivity contribution < 1.29 is 0 Å². The number of hydrogen-bond donors (Lipinski definition) is 0. The minimum atomic E-state index is 0.107. The molecule has 0 radical (unpaired) electrons. The zero-order chi connectivity index (χ0) is 13.2. The van der Waals surface area contributed by atoms with Gasteiger partial charge in [0.05, 0.1) is 0 Å². The summed E-state index contributed by atoms with van der Waals surface area (Å²) in [5, 5.41) is 1.03. The van der Waals surface area contributed by atoms with Gasteiger partial charge in [0.1, 0.15) is 0 Å². The lowest BCUT2D eigenvalue weighted by atomic mass is 10.1. The minimum Gasteiger partial charge on any atom is -0.349 e. The molecule has 2 fully saturated rings. The van der Waals surface area contributed by atoms with Gasteiger partial charge in [-0.25, -0.2) is 4.98 Å². The Kier molecular flexibility index (Phi) is 3.91. The SMILES string of the molecule is O=c1c(N2CCCC2CCCBr)nccn1C1CC1. The molecule has 0 spiro atoms. The Labute approximate surface area is 122 Å². The van der Waals surface area contributed by atoms with Gasteiger partial charge in [-0.1, -0.05) is 15.9 Å². The molecule has 4 nitrogen and oxygen atoms in total. The van der Waals surface area contributed by atoms with Crippen LogP contribution in [-0.2, 0) is 0 Å². The quantitative estimate of drug-likeness (QED) is 0.781. The highest BCUT2D eigenvalue weighted by Crippen LogP contribution is 2.34. The lowest BCUT2D eigenvalue weighted by Crippen LogP contribution is -2.36. The van der Waals surface area contributed by atoms with Crippen LogP contribution in [0, 0.1) is 0 Å². The highest BCUT2D eigenvalue weighted by Gasteiger charge is 2.30. The van der Waals surface area contributed by atoms with Crippen molar-refractivity contribution >= 4 is 21.7 Å². The first kappa shape index (κ1) is 13.2. The minimum absolute atomic E-state index is 0.107. The van der Waals surface area contributed by atoms with E-state index in [1.165, 1.54) is 12.8 Å². The van der Waals surface area contributed by atoms with Crippen LogP contribution in [0.1, 0.15) is 44.6 Å². The number of nitrogens with zero attached hydrogens (tertiary/aromatic N) is 3. The average Bonchev–Trinajstić information content (AvgIpc) is 3.16. The number of hydrogen-bond acceptors (Lipinski definition) is 3. The van der Waals surface area contributed by atoms with Crippen LogP contribution in [0.15, 0.2) is 17.2 Å². The van der Waals surface area contributed by atoms with Crippen molar-refractivity contribution in [2.45, 2.75) is 50.6 Å². The summed E-state index contributed by atoms with van der Waals surface area (Å²) in [6, 6.07) is 0.922. The van der Waals surface area contributed by atoms with Crippen LogP contribution in [0.5, 0.6) is 0 Å². The van der Waals surface area contributed by atoms with Gasteiger partial charge in [-0.3, -0.25) is 4.79 Å². The Morgan fingerprint density at radius 1 is 1.37 bits per heavy atom. The van der Waals surface area contributed by atoms with Crippen molar-refractivity contribution in [2.75, 3.05) is 16.8 Å². The summed E-state index contributed by atoms with van der Waals surface area (Å²) < 4.78 is 1.88. The van der Waals surface area contributed by atoms with E-state index in [1.807, 2.05) is 10.8 Å². The molecule has 5 heteroatoms. The summed E-state index contributed by atoms with van der Waals surface area (Å²) >= 11 is 3.49. The van der Waals surface area contributed by atoms with Crippen LogP contribution < -0.4 is 10.5 Å². The predicted molar refractivity (Wildman–Crippen MR) is 80.2 cm³/mol. The molecule has 1 aliphatic heterocycles. The molecule has 104 valence electrons. The maximum atomic E-state index is 12.5. The van der Waals surface area contributed by atoms with Crippen LogP contribution in [0.4, 0.5) is 5.82 Å². The standard InChI is InChI=1S/C14H20BrN3O/c15-7-1-3-11-4-2-9-17(11)13-14(19)18(10-8-16-13)12-5-6-12/h8,10-12H,1-7,9H2. The molecule has 2 aliphatic rings. The van der Waals surface area contributed by atoms with E-state index in [1.54, 1.807) is 6.20 Å². The van der Waals surface area contributed by atoms with Crippen molar-refractivity contribution in [2.24, 2.45) is 0 Å². The second-order valence-electron chi connectivity index (χ2n) is 5.52. The van der Waals surface area contributed by atoms with Crippen LogP contribution in [0.25, 0.3) is 0 Å². The van der Waals surface area contributed by atoms with E-state index < -0.39 is 0 Å². The van der Waals surface area contributed by atoms with Crippen molar-refractivity contribution in [3.63, 3.8) is 0 Å².